The molecule has 1 N–H and O–H groups in total. The fraction of sp³-hybridized carbons (Fsp3) is 0.625. The molecule has 0 radical (unpaired) electrons. The highest BCUT2D eigenvalue weighted by atomic mass is 15.1. The Hall–Kier alpha value is -1.42. The number of pyridine rings is 1. The van der Waals surface area contributed by atoms with Crippen molar-refractivity contribution in [2.75, 3.05) is 13.1 Å². The maximum absolute atomic E-state index is 4.97. The van der Waals surface area contributed by atoms with Gasteiger partial charge in [0.15, 0.2) is 0 Å². The average Bonchev–Trinajstić information content (AvgIpc) is 3.03. The summed E-state index contributed by atoms with van der Waals surface area (Å²) in [6.07, 6.45) is 4.91. The number of imidazole rings is 1. The molecule has 1 fully saturated rings. The minimum atomic E-state index is 0.142. The zero-order valence-electron chi connectivity index (χ0n) is 12.8. The number of aromatic nitrogens is 3. The molecule has 1 atom stereocenters. The van der Waals surface area contributed by atoms with Gasteiger partial charge in [0, 0.05) is 24.2 Å². The second kappa shape index (κ2) is 4.85. The quantitative estimate of drug-likeness (QED) is 0.934. The van der Waals surface area contributed by atoms with Gasteiger partial charge in [0.1, 0.15) is 11.3 Å². The molecule has 0 bridgehead atoms. The Kier molecular flexibility index (Phi) is 3.28. The van der Waals surface area contributed by atoms with E-state index in [1.807, 2.05) is 12.4 Å². The molecule has 108 valence electrons. The van der Waals surface area contributed by atoms with Crippen LogP contribution in [-0.2, 0) is 5.41 Å². The molecule has 0 aromatic carbocycles. The molecule has 0 spiro atoms. The van der Waals surface area contributed by atoms with Gasteiger partial charge in [-0.05, 0) is 38.8 Å². The third-order valence-corrected chi connectivity index (χ3v) is 4.75. The Morgan fingerprint density at radius 2 is 2.10 bits per heavy atom. The predicted molar refractivity (Wildman–Crippen MR) is 81.9 cm³/mol. The second-order valence-corrected chi connectivity index (χ2v) is 6.50. The van der Waals surface area contributed by atoms with Crippen LogP contribution < -0.4 is 5.32 Å². The Morgan fingerprint density at radius 1 is 1.30 bits per heavy atom. The molecule has 1 aliphatic rings. The zero-order valence-corrected chi connectivity index (χ0v) is 12.8. The van der Waals surface area contributed by atoms with Crippen molar-refractivity contribution in [2.24, 2.45) is 5.92 Å². The van der Waals surface area contributed by atoms with E-state index in [1.54, 1.807) is 0 Å². The van der Waals surface area contributed by atoms with Crippen LogP contribution in [0.4, 0.5) is 0 Å². The molecular formula is C16H24N4. The first-order valence-corrected chi connectivity index (χ1v) is 7.59. The Balaban J connectivity index is 2.27. The van der Waals surface area contributed by atoms with E-state index >= 15 is 0 Å². The molecule has 20 heavy (non-hydrogen) atoms. The normalized spacial score (nSPS) is 23.3. The van der Waals surface area contributed by atoms with E-state index in [0.29, 0.717) is 12.0 Å². The summed E-state index contributed by atoms with van der Waals surface area (Å²) in [5, 5.41) is 3.53. The summed E-state index contributed by atoms with van der Waals surface area (Å²) in [5.41, 5.74) is 2.36. The predicted octanol–water partition coefficient (Wildman–Crippen LogP) is 2.90. The van der Waals surface area contributed by atoms with Crippen molar-refractivity contribution >= 4 is 11.0 Å². The van der Waals surface area contributed by atoms with E-state index in [2.05, 4.69) is 48.6 Å². The van der Waals surface area contributed by atoms with Crippen molar-refractivity contribution in [1.82, 2.24) is 19.9 Å². The standard InChI is InChI=1S/C16H24N4/c1-11(2)16(6-8-18-10-16)15-19-13-9-17-7-5-14(13)20(15)12(3)4/h5,7,9,11-12,18H,6,8,10H2,1-4H3. The van der Waals surface area contributed by atoms with Crippen molar-refractivity contribution < 1.29 is 0 Å². The summed E-state index contributed by atoms with van der Waals surface area (Å²) < 4.78 is 2.41. The van der Waals surface area contributed by atoms with E-state index in [0.717, 1.165) is 25.0 Å². The van der Waals surface area contributed by atoms with Gasteiger partial charge in [0.05, 0.1) is 11.7 Å². The van der Waals surface area contributed by atoms with Crippen molar-refractivity contribution in [2.45, 2.75) is 45.6 Å². The lowest BCUT2D eigenvalue weighted by Crippen LogP contribution is -2.38. The van der Waals surface area contributed by atoms with Gasteiger partial charge in [0.2, 0.25) is 0 Å². The van der Waals surface area contributed by atoms with Gasteiger partial charge in [-0.1, -0.05) is 13.8 Å². The van der Waals surface area contributed by atoms with E-state index in [4.69, 9.17) is 4.98 Å². The van der Waals surface area contributed by atoms with Crippen LogP contribution in [0.1, 0.15) is 46.0 Å². The largest absolute Gasteiger partial charge is 0.325 e. The summed E-state index contributed by atoms with van der Waals surface area (Å²) in [4.78, 5) is 9.20. The van der Waals surface area contributed by atoms with Crippen LogP contribution in [0.2, 0.25) is 0 Å². The highest BCUT2D eigenvalue weighted by Gasteiger charge is 2.43. The molecule has 2 aromatic heterocycles. The Bertz CT molecular complexity index is 606. The summed E-state index contributed by atoms with van der Waals surface area (Å²) >= 11 is 0. The molecule has 0 aliphatic carbocycles. The molecule has 0 amide bonds. The Labute approximate surface area is 120 Å². The molecule has 4 nitrogen and oxygen atoms in total. The number of rotatable bonds is 3. The molecule has 3 rings (SSSR count). The average molecular weight is 272 g/mol. The fourth-order valence-corrected chi connectivity index (χ4v) is 3.48. The third-order valence-electron chi connectivity index (χ3n) is 4.75. The van der Waals surface area contributed by atoms with Crippen molar-refractivity contribution in [3.8, 4) is 0 Å². The van der Waals surface area contributed by atoms with Crippen LogP contribution in [0, 0.1) is 5.92 Å². The molecule has 2 aromatic rings. The van der Waals surface area contributed by atoms with Gasteiger partial charge in [-0.25, -0.2) is 4.98 Å². The summed E-state index contributed by atoms with van der Waals surface area (Å²) in [7, 11) is 0. The number of nitrogens with one attached hydrogen (secondary N) is 1. The van der Waals surface area contributed by atoms with Gasteiger partial charge in [0.25, 0.3) is 0 Å². The smallest absolute Gasteiger partial charge is 0.118 e. The third kappa shape index (κ3) is 1.85. The Morgan fingerprint density at radius 3 is 2.70 bits per heavy atom. The van der Waals surface area contributed by atoms with E-state index in [1.165, 1.54) is 11.3 Å². The first kappa shape index (κ1) is 13.6. The highest BCUT2D eigenvalue weighted by molar-refractivity contribution is 5.75. The van der Waals surface area contributed by atoms with Gasteiger partial charge in [-0.2, -0.15) is 0 Å². The number of hydrogen-bond donors (Lipinski definition) is 1. The van der Waals surface area contributed by atoms with E-state index in [9.17, 15) is 0 Å². The minimum Gasteiger partial charge on any atom is -0.325 e. The van der Waals surface area contributed by atoms with E-state index in [-0.39, 0.29) is 5.41 Å². The second-order valence-electron chi connectivity index (χ2n) is 6.50. The number of nitrogens with zero attached hydrogens (tertiary/aromatic N) is 3. The van der Waals surface area contributed by atoms with E-state index < -0.39 is 0 Å². The van der Waals surface area contributed by atoms with Crippen LogP contribution in [0.3, 0.4) is 0 Å². The van der Waals surface area contributed by atoms with Crippen molar-refractivity contribution in [3.63, 3.8) is 0 Å². The first-order valence-electron chi connectivity index (χ1n) is 7.59. The first-order chi connectivity index (χ1) is 9.56. The van der Waals surface area contributed by atoms with Crippen molar-refractivity contribution in [1.29, 1.82) is 0 Å². The monoisotopic (exact) mass is 272 g/mol. The lowest BCUT2D eigenvalue weighted by atomic mass is 9.75. The molecule has 4 heteroatoms. The number of hydrogen-bond acceptors (Lipinski definition) is 3. The van der Waals surface area contributed by atoms with Gasteiger partial charge < -0.3 is 9.88 Å². The van der Waals surface area contributed by atoms with Gasteiger partial charge in [-0.15, -0.1) is 0 Å². The van der Waals surface area contributed by atoms with Gasteiger partial charge >= 0.3 is 0 Å². The molecule has 1 saturated heterocycles. The number of fused-ring (bicyclic) bond motifs is 1. The van der Waals surface area contributed by atoms with Crippen LogP contribution >= 0.6 is 0 Å². The summed E-state index contributed by atoms with van der Waals surface area (Å²) in [5.74, 6) is 1.80. The molecule has 0 saturated carbocycles. The topological polar surface area (TPSA) is 42.7 Å². The van der Waals surface area contributed by atoms with Crippen LogP contribution in [0.15, 0.2) is 18.5 Å². The summed E-state index contributed by atoms with van der Waals surface area (Å²) in [6, 6.07) is 2.50. The maximum Gasteiger partial charge on any atom is 0.118 e. The SMILES string of the molecule is CC(C)n1c(C2(C(C)C)CCNC2)nc2cnccc21. The maximum atomic E-state index is 4.97. The van der Waals surface area contributed by atoms with Crippen LogP contribution in [0.25, 0.3) is 11.0 Å². The zero-order chi connectivity index (χ0) is 14.3. The lowest BCUT2D eigenvalue weighted by Gasteiger charge is -2.33. The van der Waals surface area contributed by atoms with Crippen LogP contribution in [0.5, 0.6) is 0 Å². The van der Waals surface area contributed by atoms with Gasteiger partial charge in [-0.3, -0.25) is 4.98 Å². The minimum absolute atomic E-state index is 0.142. The summed E-state index contributed by atoms with van der Waals surface area (Å²) in [6.45, 7) is 11.2. The lowest BCUT2D eigenvalue weighted by molar-refractivity contribution is 0.302. The molecule has 1 aliphatic heterocycles. The molecular weight excluding hydrogens is 248 g/mol. The van der Waals surface area contributed by atoms with Crippen molar-refractivity contribution in [3.05, 3.63) is 24.3 Å². The van der Waals surface area contributed by atoms with Crippen LogP contribution in [-0.4, -0.2) is 27.6 Å². The fourth-order valence-electron chi connectivity index (χ4n) is 3.48. The highest BCUT2D eigenvalue weighted by Crippen LogP contribution is 2.39. The molecule has 3 heterocycles. The molecule has 1 unspecified atom stereocenters.